The van der Waals surface area contributed by atoms with Crippen LogP contribution in [0.2, 0.25) is 0 Å². The molecular formula is C19H24N2O5S. The van der Waals surface area contributed by atoms with Gasteiger partial charge in [0.1, 0.15) is 11.4 Å². The van der Waals surface area contributed by atoms with E-state index in [4.69, 9.17) is 4.74 Å². The minimum Gasteiger partial charge on any atom is -0.484 e. The van der Waals surface area contributed by atoms with Crippen molar-refractivity contribution < 1.29 is 22.7 Å². The Hall–Kier alpha value is -1.93. The lowest BCUT2D eigenvalue weighted by molar-refractivity contribution is -0.136. The number of nitrogens with zero attached hydrogens (tertiary/aromatic N) is 2. The van der Waals surface area contributed by atoms with E-state index < -0.39 is 15.6 Å². The molecule has 1 atom stereocenters. The van der Waals surface area contributed by atoms with Crippen molar-refractivity contribution in [3.8, 4) is 5.75 Å². The number of para-hydroxylation sites is 1. The van der Waals surface area contributed by atoms with Gasteiger partial charge in [-0.15, -0.1) is 0 Å². The van der Waals surface area contributed by atoms with E-state index in [1.807, 2.05) is 12.1 Å². The third-order valence-electron chi connectivity index (χ3n) is 5.90. The van der Waals surface area contributed by atoms with Crippen LogP contribution < -0.4 is 4.74 Å². The second-order valence-corrected chi connectivity index (χ2v) is 9.81. The standard InChI is InChI=1S/C19H24N2O5S/c1-27(24,25)21-9-6-14(7-10-21)18(23)20-11-8-19(13-20)12-16(22)15-4-2-3-5-17(15)26-19/h2-5,14H,6-13H2,1H3. The first-order valence-electron chi connectivity index (χ1n) is 9.33. The summed E-state index contributed by atoms with van der Waals surface area (Å²) < 4.78 is 30.9. The zero-order chi connectivity index (χ0) is 19.2. The molecule has 1 aromatic carbocycles. The number of ether oxygens (including phenoxy) is 1. The molecule has 0 N–H and O–H groups in total. The monoisotopic (exact) mass is 392 g/mol. The number of sulfonamides is 1. The average molecular weight is 392 g/mol. The summed E-state index contributed by atoms with van der Waals surface area (Å²) in [5.41, 5.74) is -0.0183. The molecular weight excluding hydrogens is 368 g/mol. The summed E-state index contributed by atoms with van der Waals surface area (Å²) in [4.78, 5) is 27.2. The van der Waals surface area contributed by atoms with Crippen LogP contribution in [0.3, 0.4) is 0 Å². The molecule has 0 radical (unpaired) electrons. The fraction of sp³-hybridized carbons (Fsp3) is 0.579. The highest BCUT2D eigenvalue weighted by Crippen LogP contribution is 2.39. The zero-order valence-electron chi connectivity index (χ0n) is 15.4. The Balaban J connectivity index is 1.42. The molecule has 3 heterocycles. The van der Waals surface area contributed by atoms with Crippen LogP contribution in [0.1, 0.15) is 36.0 Å². The first-order valence-corrected chi connectivity index (χ1v) is 11.2. The average Bonchev–Trinajstić information content (AvgIpc) is 3.03. The highest BCUT2D eigenvalue weighted by molar-refractivity contribution is 7.88. The first-order chi connectivity index (χ1) is 12.8. The van der Waals surface area contributed by atoms with E-state index >= 15 is 0 Å². The van der Waals surface area contributed by atoms with Crippen LogP contribution in [0.4, 0.5) is 0 Å². The first kappa shape index (κ1) is 18.4. The van der Waals surface area contributed by atoms with Gasteiger partial charge in [-0.2, -0.15) is 0 Å². The number of rotatable bonds is 2. The number of fused-ring (bicyclic) bond motifs is 1. The molecule has 3 aliphatic heterocycles. The lowest BCUT2D eigenvalue weighted by atomic mass is 9.89. The molecule has 1 aromatic rings. The molecule has 1 unspecified atom stereocenters. The number of carbonyl (C=O) groups excluding carboxylic acids is 2. The van der Waals surface area contributed by atoms with E-state index in [0.717, 1.165) is 0 Å². The molecule has 0 saturated carbocycles. The topological polar surface area (TPSA) is 84.0 Å². The lowest BCUT2D eigenvalue weighted by Gasteiger charge is -2.35. The van der Waals surface area contributed by atoms with Crippen molar-refractivity contribution in [2.75, 3.05) is 32.4 Å². The quantitative estimate of drug-likeness (QED) is 0.757. The molecule has 1 amide bonds. The Morgan fingerprint density at radius 2 is 1.89 bits per heavy atom. The van der Waals surface area contributed by atoms with Crippen LogP contribution in [0.25, 0.3) is 0 Å². The van der Waals surface area contributed by atoms with Crippen LogP contribution in [0.5, 0.6) is 5.75 Å². The van der Waals surface area contributed by atoms with Crippen LogP contribution in [0, 0.1) is 5.92 Å². The van der Waals surface area contributed by atoms with Gasteiger partial charge in [-0.25, -0.2) is 12.7 Å². The van der Waals surface area contributed by atoms with E-state index in [-0.39, 0.29) is 17.6 Å². The van der Waals surface area contributed by atoms with Gasteiger partial charge in [-0.3, -0.25) is 9.59 Å². The zero-order valence-corrected chi connectivity index (χ0v) is 16.2. The smallest absolute Gasteiger partial charge is 0.225 e. The number of Topliss-reactive ketones (excluding diaryl/α,β-unsaturated/α-hetero) is 1. The summed E-state index contributed by atoms with van der Waals surface area (Å²) in [5.74, 6) is 0.553. The molecule has 0 aliphatic carbocycles. The van der Waals surface area contributed by atoms with Crippen molar-refractivity contribution in [1.29, 1.82) is 0 Å². The number of piperidine rings is 1. The van der Waals surface area contributed by atoms with Crippen LogP contribution in [-0.4, -0.2) is 67.3 Å². The van der Waals surface area contributed by atoms with E-state index in [9.17, 15) is 18.0 Å². The fourth-order valence-electron chi connectivity index (χ4n) is 4.40. The Kier molecular flexibility index (Phi) is 4.50. The molecule has 4 rings (SSSR count). The number of hydrogen-bond acceptors (Lipinski definition) is 5. The minimum atomic E-state index is -3.20. The van der Waals surface area contributed by atoms with Crippen molar-refractivity contribution in [3.63, 3.8) is 0 Å². The third-order valence-corrected chi connectivity index (χ3v) is 7.20. The normalized spacial score (nSPS) is 26.9. The van der Waals surface area contributed by atoms with Crippen molar-refractivity contribution >= 4 is 21.7 Å². The predicted octanol–water partition coefficient (Wildman–Crippen LogP) is 1.29. The fourth-order valence-corrected chi connectivity index (χ4v) is 5.27. The second kappa shape index (κ2) is 6.60. The van der Waals surface area contributed by atoms with E-state index in [0.29, 0.717) is 63.2 Å². The summed E-state index contributed by atoms with van der Waals surface area (Å²) in [5, 5.41) is 0. The van der Waals surface area contributed by atoms with Gasteiger partial charge in [-0.05, 0) is 25.0 Å². The van der Waals surface area contributed by atoms with Gasteiger partial charge in [-0.1, -0.05) is 12.1 Å². The number of amides is 1. The Morgan fingerprint density at radius 3 is 2.59 bits per heavy atom. The van der Waals surface area contributed by atoms with Gasteiger partial charge < -0.3 is 9.64 Å². The number of hydrogen-bond donors (Lipinski definition) is 0. The largest absolute Gasteiger partial charge is 0.484 e. The van der Waals surface area contributed by atoms with Gasteiger partial charge in [0.05, 0.1) is 24.8 Å². The van der Waals surface area contributed by atoms with Crippen molar-refractivity contribution in [3.05, 3.63) is 29.8 Å². The van der Waals surface area contributed by atoms with Crippen LogP contribution >= 0.6 is 0 Å². The van der Waals surface area contributed by atoms with Gasteiger partial charge >= 0.3 is 0 Å². The maximum atomic E-state index is 12.9. The van der Waals surface area contributed by atoms with E-state index in [1.54, 1.807) is 17.0 Å². The van der Waals surface area contributed by atoms with E-state index in [2.05, 4.69) is 0 Å². The number of ketones is 1. The highest BCUT2D eigenvalue weighted by Gasteiger charge is 2.47. The predicted molar refractivity (Wildman–Crippen MR) is 99.1 cm³/mol. The van der Waals surface area contributed by atoms with Crippen LogP contribution in [0.15, 0.2) is 24.3 Å². The molecule has 0 bridgehead atoms. The SMILES string of the molecule is CS(=O)(=O)N1CCC(C(=O)N2CCC3(CC(=O)c4ccccc4O3)C2)CC1. The van der Waals surface area contributed by atoms with E-state index in [1.165, 1.54) is 10.6 Å². The highest BCUT2D eigenvalue weighted by atomic mass is 32.2. The Labute approximate surface area is 159 Å². The Bertz CT molecular complexity index is 876. The molecule has 8 heteroatoms. The number of benzene rings is 1. The second-order valence-electron chi connectivity index (χ2n) is 7.83. The third kappa shape index (κ3) is 3.48. The molecule has 3 aliphatic rings. The maximum absolute atomic E-state index is 12.9. The lowest BCUT2D eigenvalue weighted by Crippen LogP contribution is -2.47. The van der Waals surface area contributed by atoms with Gasteiger partial charge in [0.2, 0.25) is 15.9 Å². The van der Waals surface area contributed by atoms with Crippen molar-refractivity contribution in [2.45, 2.75) is 31.3 Å². The molecule has 27 heavy (non-hydrogen) atoms. The number of carbonyl (C=O) groups is 2. The molecule has 2 fully saturated rings. The summed E-state index contributed by atoms with van der Waals surface area (Å²) >= 11 is 0. The van der Waals surface area contributed by atoms with Gasteiger partial charge in [0.25, 0.3) is 0 Å². The minimum absolute atomic E-state index is 0.0509. The molecule has 1 spiro atoms. The molecule has 146 valence electrons. The van der Waals surface area contributed by atoms with Crippen molar-refractivity contribution in [2.24, 2.45) is 5.92 Å². The summed E-state index contributed by atoms with van der Waals surface area (Å²) in [6.45, 7) is 1.76. The summed E-state index contributed by atoms with van der Waals surface area (Å²) in [6, 6.07) is 7.25. The maximum Gasteiger partial charge on any atom is 0.225 e. The van der Waals surface area contributed by atoms with Crippen LogP contribution in [-0.2, 0) is 14.8 Å². The van der Waals surface area contributed by atoms with Gasteiger partial charge in [0, 0.05) is 32.0 Å². The summed E-state index contributed by atoms with van der Waals surface area (Å²) in [6.07, 6.45) is 3.21. The van der Waals surface area contributed by atoms with Crippen molar-refractivity contribution in [1.82, 2.24) is 9.21 Å². The molecule has 7 nitrogen and oxygen atoms in total. The van der Waals surface area contributed by atoms with Gasteiger partial charge in [0.15, 0.2) is 5.78 Å². The molecule has 2 saturated heterocycles. The number of likely N-dealkylation sites (tertiary alicyclic amines) is 1. The Morgan fingerprint density at radius 1 is 1.19 bits per heavy atom. The molecule has 0 aromatic heterocycles. The summed E-state index contributed by atoms with van der Waals surface area (Å²) in [7, 11) is -3.20.